The first kappa shape index (κ1) is 12.3. The number of nitrogens with zero attached hydrogens (tertiary/aromatic N) is 1. The van der Waals surface area contributed by atoms with Crippen molar-refractivity contribution in [1.82, 2.24) is 0 Å². The zero-order valence-electron chi connectivity index (χ0n) is 11.1. The number of benzene rings is 1. The summed E-state index contributed by atoms with van der Waals surface area (Å²) >= 11 is 0. The Morgan fingerprint density at radius 2 is 2.06 bits per heavy atom. The predicted molar refractivity (Wildman–Crippen MR) is 75.8 cm³/mol. The van der Waals surface area contributed by atoms with Crippen LogP contribution in [0, 0.1) is 5.92 Å². The van der Waals surface area contributed by atoms with Gasteiger partial charge in [0.15, 0.2) is 0 Å². The van der Waals surface area contributed by atoms with Crippen LogP contribution in [-0.2, 0) is 0 Å². The Bertz CT molecular complexity index is 347. The summed E-state index contributed by atoms with van der Waals surface area (Å²) in [5.74, 6) is 0.778. The summed E-state index contributed by atoms with van der Waals surface area (Å²) in [5.41, 5.74) is 2.68. The Balaban J connectivity index is 2.14. The molecule has 2 heteroatoms. The highest BCUT2D eigenvalue weighted by atomic mass is 15.1. The van der Waals surface area contributed by atoms with Crippen LogP contribution in [0.5, 0.6) is 0 Å². The molecule has 0 aliphatic carbocycles. The fourth-order valence-electron chi connectivity index (χ4n) is 2.32. The maximum atomic E-state index is 3.54. The van der Waals surface area contributed by atoms with E-state index in [-0.39, 0.29) is 0 Å². The Kier molecular flexibility index (Phi) is 4.29. The van der Waals surface area contributed by atoms with Crippen LogP contribution in [-0.4, -0.2) is 19.6 Å². The lowest BCUT2D eigenvalue weighted by molar-refractivity contribution is 0.563. The highest BCUT2D eigenvalue weighted by molar-refractivity contribution is 5.70. The lowest BCUT2D eigenvalue weighted by Crippen LogP contribution is -2.29. The Morgan fingerprint density at radius 3 is 2.88 bits per heavy atom. The van der Waals surface area contributed by atoms with Crippen molar-refractivity contribution >= 4 is 11.4 Å². The zero-order chi connectivity index (χ0) is 12.1. The Morgan fingerprint density at radius 1 is 1.24 bits per heavy atom. The Hall–Kier alpha value is -1.18. The maximum absolute atomic E-state index is 3.54. The molecule has 0 unspecified atom stereocenters. The highest BCUT2D eigenvalue weighted by Crippen LogP contribution is 2.28. The molecule has 2 rings (SSSR count). The number of para-hydroxylation sites is 2. The molecule has 1 N–H and O–H groups in total. The first-order valence-electron chi connectivity index (χ1n) is 6.85. The molecule has 1 aromatic rings. The summed E-state index contributed by atoms with van der Waals surface area (Å²) in [4.78, 5) is 2.54. The number of fused-ring (bicyclic) bond motifs is 1. The first-order chi connectivity index (χ1) is 8.27. The minimum Gasteiger partial charge on any atom is -0.383 e. The van der Waals surface area contributed by atoms with Gasteiger partial charge in [0.05, 0.1) is 11.4 Å². The van der Waals surface area contributed by atoms with Crippen molar-refractivity contribution in [3.8, 4) is 0 Å². The minimum absolute atomic E-state index is 0.778. The first-order valence-corrected chi connectivity index (χ1v) is 6.85. The van der Waals surface area contributed by atoms with Crippen LogP contribution < -0.4 is 10.2 Å². The van der Waals surface area contributed by atoms with Gasteiger partial charge in [-0.1, -0.05) is 26.0 Å². The van der Waals surface area contributed by atoms with Gasteiger partial charge in [0, 0.05) is 19.6 Å². The zero-order valence-corrected chi connectivity index (χ0v) is 11.1. The molecule has 94 valence electrons. The molecule has 2 nitrogen and oxygen atoms in total. The summed E-state index contributed by atoms with van der Waals surface area (Å²) in [7, 11) is 0. The van der Waals surface area contributed by atoms with Gasteiger partial charge in [-0.3, -0.25) is 0 Å². The molecule has 0 radical (unpaired) electrons. The third-order valence-corrected chi connectivity index (χ3v) is 3.39. The normalized spacial score (nSPS) is 16.1. The van der Waals surface area contributed by atoms with Gasteiger partial charge < -0.3 is 10.2 Å². The van der Waals surface area contributed by atoms with E-state index in [1.165, 1.54) is 43.7 Å². The molecular weight excluding hydrogens is 208 g/mol. The molecule has 1 heterocycles. The van der Waals surface area contributed by atoms with Crippen LogP contribution in [0.25, 0.3) is 0 Å². The molecule has 1 aliphatic rings. The summed E-state index contributed by atoms with van der Waals surface area (Å²) in [5, 5.41) is 3.54. The average molecular weight is 232 g/mol. The number of nitrogens with one attached hydrogen (secondary N) is 1. The van der Waals surface area contributed by atoms with Crippen molar-refractivity contribution in [3.05, 3.63) is 24.3 Å². The molecular formula is C15H24N2. The topological polar surface area (TPSA) is 15.3 Å². The number of anilines is 2. The summed E-state index contributed by atoms with van der Waals surface area (Å²) < 4.78 is 0. The van der Waals surface area contributed by atoms with E-state index in [0.29, 0.717) is 0 Å². The maximum Gasteiger partial charge on any atom is 0.0602 e. The van der Waals surface area contributed by atoms with Crippen molar-refractivity contribution in [2.45, 2.75) is 33.1 Å². The van der Waals surface area contributed by atoms with Crippen LogP contribution in [0.4, 0.5) is 11.4 Å². The van der Waals surface area contributed by atoms with Crippen LogP contribution in [0.2, 0.25) is 0 Å². The van der Waals surface area contributed by atoms with Crippen LogP contribution >= 0.6 is 0 Å². The van der Waals surface area contributed by atoms with Gasteiger partial charge in [0.1, 0.15) is 0 Å². The number of rotatable bonds is 3. The molecule has 0 atom stereocenters. The molecule has 0 aromatic heterocycles. The molecule has 0 amide bonds. The van der Waals surface area contributed by atoms with Crippen molar-refractivity contribution in [2.75, 3.05) is 29.9 Å². The van der Waals surface area contributed by atoms with Crippen LogP contribution in [0.1, 0.15) is 33.1 Å². The molecule has 0 spiro atoms. The fraction of sp³-hybridized carbons (Fsp3) is 0.600. The second kappa shape index (κ2) is 5.95. The van der Waals surface area contributed by atoms with E-state index in [4.69, 9.17) is 0 Å². The van der Waals surface area contributed by atoms with Crippen molar-refractivity contribution in [1.29, 1.82) is 0 Å². The standard InChI is InChI=1S/C15H24N2/c1-13(2)9-12-17-11-6-5-10-16-14-7-3-4-8-15(14)17/h3-4,7-8,13,16H,5-6,9-12H2,1-2H3. The monoisotopic (exact) mass is 232 g/mol. The van der Waals surface area contributed by atoms with E-state index < -0.39 is 0 Å². The average Bonchev–Trinajstić information content (AvgIpc) is 2.29. The number of hydrogen-bond donors (Lipinski definition) is 1. The molecule has 17 heavy (non-hydrogen) atoms. The van der Waals surface area contributed by atoms with Gasteiger partial charge >= 0.3 is 0 Å². The van der Waals surface area contributed by atoms with E-state index in [1.807, 2.05) is 0 Å². The third kappa shape index (κ3) is 3.39. The summed E-state index contributed by atoms with van der Waals surface area (Å²) in [6.07, 6.45) is 3.83. The van der Waals surface area contributed by atoms with Gasteiger partial charge in [-0.15, -0.1) is 0 Å². The van der Waals surface area contributed by atoms with Crippen LogP contribution in [0.3, 0.4) is 0 Å². The largest absolute Gasteiger partial charge is 0.383 e. The van der Waals surface area contributed by atoms with E-state index in [9.17, 15) is 0 Å². The summed E-state index contributed by atoms with van der Waals surface area (Å²) in [6.45, 7) is 8.08. The van der Waals surface area contributed by atoms with Gasteiger partial charge in [-0.05, 0) is 37.3 Å². The van der Waals surface area contributed by atoms with E-state index in [2.05, 4.69) is 48.3 Å². The lowest BCUT2D eigenvalue weighted by Gasteiger charge is -2.30. The van der Waals surface area contributed by atoms with E-state index in [1.54, 1.807) is 0 Å². The molecule has 0 saturated carbocycles. The number of hydrogen-bond acceptors (Lipinski definition) is 2. The molecule has 0 fully saturated rings. The third-order valence-electron chi connectivity index (χ3n) is 3.39. The second-order valence-electron chi connectivity index (χ2n) is 5.32. The molecule has 1 aliphatic heterocycles. The van der Waals surface area contributed by atoms with E-state index >= 15 is 0 Å². The molecule has 0 saturated heterocycles. The van der Waals surface area contributed by atoms with Crippen LogP contribution in [0.15, 0.2) is 24.3 Å². The SMILES string of the molecule is CC(C)CCN1CCCCNc2ccccc21. The fourth-order valence-corrected chi connectivity index (χ4v) is 2.32. The van der Waals surface area contributed by atoms with E-state index in [0.717, 1.165) is 12.5 Å². The lowest BCUT2D eigenvalue weighted by atomic mass is 10.1. The van der Waals surface area contributed by atoms with Gasteiger partial charge in [0.25, 0.3) is 0 Å². The minimum atomic E-state index is 0.778. The van der Waals surface area contributed by atoms with Crippen molar-refractivity contribution in [3.63, 3.8) is 0 Å². The molecule has 1 aromatic carbocycles. The van der Waals surface area contributed by atoms with Gasteiger partial charge in [0.2, 0.25) is 0 Å². The smallest absolute Gasteiger partial charge is 0.0602 e. The van der Waals surface area contributed by atoms with Crippen molar-refractivity contribution < 1.29 is 0 Å². The van der Waals surface area contributed by atoms with Gasteiger partial charge in [-0.2, -0.15) is 0 Å². The Labute approximate surface area is 105 Å². The molecule has 0 bridgehead atoms. The van der Waals surface area contributed by atoms with Crippen molar-refractivity contribution in [2.24, 2.45) is 5.92 Å². The predicted octanol–water partition coefficient (Wildman–Crippen LogP) is 3.74. The second-order valence-corrected chi connectivity index (χ2v) is 5.32. The quantitative estimate of drug-likeness (QED) is 0.854. The van der Waals surface area contributed by atoms with Gasteiger partial charge in [-0.25, -0.2) is 0 Å². The highest BCUT2D eigenvalue weighted by Gasteiger charge is 2.13. The summed E-state index contributed by atoms with van der Waals surface area (Å²) in [6, 6.07) is 8.70.